The molecule has 0 atom stereocenters. The van der Waals surface area contributed by atoms with E-state index in [4.69, 9.17) is 4.52 Å². The first-order valence-corrected chi connectivity index (χ1v) is 10.7. The van der Waals surface area contributed by atoms with Gasteiger partial charge in [-0.1, -0.05) is 47.3 Å². The van der Waals surface area contributed by atoms with Crippen molar-refractivity contribution in [3.8, 4) is 22.8 Å². The molecule has 2 N–H and O–H groups in total. The van der Waals surface area contributed by atoms with E-state index in [-0.39, 0.29) is 17.6 Å². The fourth-order valence-corrected chi connectivity index (χ4v) is 3.46. The number of hydrogen-bond acceptors (Lipinski definition) is 7. The van der Waals surface area contributed by atoms with Crippen LogP contribution in [0.5, 0.6) is 0 Å². The predicted octanol–water partition coefficient (Wildman–Crippen LogP) is 4.49. The van der Waals surface area contributed by atoms with Crippen molar-refractivity contribution in [3.05, 3.63) is 72.9 Å². The summed E-state index contributed by atoms with van der Waals surface area (Å²) < 4.78 is 5.34. The molecule has 0 saturated heterocycles. The third kappa shape index (κ3) is 5.58. The van der Waals surface area contributed by atoms with Gasteiger partial charge >= 0.3 is 0 Å². The minimum Gasteiger partial charge on any atom is -0.334 e. The molecule has 0 radical (unpaired) electrons. The van der Waals surface area contributed by atoms with Crippen LogP contribution in [0.1, 0.15) is 6.92 Å². The molecule has 2 aromatic carbocycles. The smallest absolute Gasteiger partial charge is 0.259 e. The van der Waals surface area contributed by atoms with E-state index < -0.39 is 0 Å². The molecule has 4 rings (SSSR count). The first-order valence-electron chi connectivity index (χ1n) is 9.73. The zero-order valence-corrected chi connectivity index (χ0v) is 17.9. The molecule has 0 saturated carbocycles. The number of benzene rings is 2. The minimum absolute atomic E-state index is 0.146. The van der Waals surface area contributed by atoms with Crippen molar-refractivity contribution in [2.45, 2.75) is 11.9 Å². The van der Waals surface area contributed by atoms with E-state index in [1.54, 1.807) is 30.5 Å². The van der Waals surface area contributed by atoms with Crippen LogP contribution in [0.3, 0.4) is 0 Å². The summed E-state index contributed by atoms with van der Waals surface area (Å²) in [6.07, 6.45) is 1.64. The summed E-state index contributed by atoms with van der Waals surface area (Å²) in [5, 5.41) is 10.2. The van der Waals surface area contributed by atoms with Gasteiger partial charge in [-0.3, -0.25) is 9.59 Å². The molecule has 2 aromatic heterocycles. The Morgan fingerprint density at radius 1 is 0.906 bits per heavy atom. The number of amides is 2. The first-order chi connectivity index (χ1) is 15.6. The molecule has 4 aromatic rings. The second kappa shape index (κ2) is 9.88. The largest absolute Gasteiger partial charge is 0.334 e. The summed E-state index contributed by atoms with van der Waals surface area (Å²) in [4.78, 5) is 32.0. The number of thioether (sulfide) groups is 1. The van der Waals surface area contributed by atoms with E-state index in [2.05, 4.69) is 25.8 Å². The average molecular weight is 446 g/mol. The maximum atomic E-state index is 12.2. The van der Waals surface area contributed by atoms with E-state index in [1.807, 2.05) is 42.5 Å². The number of carbonyl (C=O) groups excluding carboxylic acids is 2. The third-order valence-corrected chi connectivity index (χ3v) is 5.23. The van der Waals surface area contributed by atoms with Crippen molar-refractivity contribution in [3.63, 3.8) is 0 Å². The molecule has 0 fully saturated rings. The lowest BCUT2D eigenvalue weighted by Crippen LogP contribution is -2.14. The molecule has 0 aliphatic carbocycles. The van der Waals surface area contributed by atoms with Gasteiger partial charge in [0.25, 0.3) is 5.89 Å². The van der Waals surface area contributed by atoms with Crippen LogP contribution in [0.2, 0.25) is 0 Å². The summed E-state index contributed by atoms with van der Waals surface area (Å²) in [7, 11) is 0. The molecule has 8 nitrogen and oxygen atoms in total. The third-order valence-electron chi connectivity index (χ3n) is 4.28. The second-order valence-electron chi connectivity index (χ2n) is 6.77. The summed E-state index contributed by atoms with van der Waals surface area (Å²) in [5.41, 5.74) is 2.90. The zero-order chi connectivity index (χ0) is 22.3. The Morgan fingerprint density at radius 3 is 2.28 bits per heavy atom. The Bertz CT molecular complexity index is 1210. The monoisotopic (exact) mass is 445 g/mol. The van der Waals surface area contributed by atoms with E-state index in [0.717, 1.165) is 5.56 Å². The van der Waals surface area contributed by atoms with Crippen LogP contribution in [-0.2, 0) is 9.59 Å². The highest BCUT2D eigenvalue weighted by Crippen LogP contribution is 2.24. The summed E-state index contributed by atoms with van der Waals surface area (Å²) in [5.74, 6) is 0.803. The zero-order valence-electron chi connectivity index (χ0n) is 17.1. The normalized spacial score (nSPS) is 10.5. The number of rotatable bonds is 7. The molecule has 2 amide bonds. The Hall–Kier alpha value is -3.98. The molecular formula is C23H19N5O3S. The van der Waals surface area contributed by atoms with Gasteiger partial charge in [0.1, 0.15) is 0 Å². The topological polar surface area (TPSA) is 110 Å². The molecular weight excluding hydrogens is 426 g/mol. The van der Waals surface area contributed by atoms with Crippen LogP contribution in [-0.4, -0.2) is 32.7 Å². The molecule has 0 aliphatic rings. The highest BCUT2D eigenvalue weighted by Gasteiger charge is 2.11. The molecule has 32 heavy (non-hydrogen) atoms. The van der Waals surface area contributed by atoms with Crippen molar-refractivity contribution in [1.29, 1.82) is 0 Å². The standard InChI is InChI=1S/C23H19N5O3S/c1-15(29)25-18-8-10-19(11-9-18)26-20(30)14-32-21-12-7-17(13-24-21)23-27-22(28-31-23)16-5-3-2-4-6-16/h2-13H,14H2,1H3,(H,25,29)(H,26,30). The van der Waals surface area contributed by atoms with Crippen molar-refractivity contribution in [1.82, 2.24) is 15.1 Å². The lowest BCUT2D eigenvalue weighted by molar-refractivity contribution is -0.114. The number of pyridine rings is 1. The lowest BCUT2D eigenvalue weighted by Gasteiger charge is -2.07. The van der Waals surface area contributed by atoms with Crippen LogP contribution < -0.4 is 10.6 Å². The first kappa shape index (κ1) is 21.3. The second-order valence-corrected chi connectivity index (χ2v) is 7.77. The van der Waals surface area contributed by atoms with Crippen LogP contribution in [0.15, 0.2) is 82.5 Å². The molecule has 9 heteroatoms. The quantitative estimate of drug-likeness (QED) is 0.403. The molecule has 0 spiro atoms. The van der Waals surface area contributed by atoms with E-state index >= 15 is 0 Å². The van der Waals surface area contributed by atoms with Gasteiger partial charge in [-0.05, 0) is 36.4 Å². The molecule has 160 valence electrons. The fourth-order valence-electron chi connectivity index (χ4n) is 2.81. The maximum Gasteiger partial charge on any atom is 0.259 e. The average Bonchev–Trinajstić information content (AvgIpc) is 3.30. The number of aromatic nitrogens is 3. The van der Waals surface area contributed by atoms with Crippen molar-refractivity contribution in [2.24, 2.45) is 0 Å². The minimum atomic E-state index is -0.155. The van der Waals surface area contributed by atoms with Crippen molar-refractivity contribution in [2.75, 3.05) is 16.4 Å². The van der Waals surface area contributed by atoms with Gasteiger partial charge in [0.15, 0.2) is 0 Å². The Morgan fingerprint density at radius 2 is 1.62 bits per heavy atom. The van der Waals surface area contributed by atoms with Crippen LogP contribution in [0.4, 0.5) is 11.4 Å². The van der Waals surface area contributed by atoms with Gasteiger partial charge < -0.3 is 15.2 Å². The Balaban J connectivity index is 1.31. The van der Waals surface area contributed by atoms with E-state index in [0.29, 0.717) is 33.7 Å². The highest BCUT2D eigenvalue weighted by molar-refractivity contribution is 7.99. The van der Waals surface area contributed by atoms with Crippen LogP contribution in [0, 0.1) is 0 Å². The Kier molecular flexibility index (Phi) is 6.57. The van der Waals surface area contributed by atoms with Gasteiger partial charge in [0.2, 0.25) is 17.6 Å². The fraction of sp³-hybridized carbons (Fsp3) is 0.0870. The molecule has 0 unspecified atom stereocenters. The molecule has 0 aliphatic heterocycles. The predicted molar refractivity (Wildman–Crippen MR) is 123 cm³/mol. The van der Waals surface area contributed by atoms with Crippen molar-refractivity contribution < 1.29 is 14.1 Å². The highest BCUT2D eigenvalue weighted by atomic mass is 32.2. The van der Waals surface area contributed by atoms with Gasteiger partial charge in [-0.15, -0.1) is 0 Å². The number of nitrogens with zero attached hydrogens (tertiary/aromatic N) is 3. The number of carbonyl (C=O) groups is 2. The van der Waals surface area contributed by atoms with Crippen LogP contribution in [0.25, 0.3) is 22.8 Å². The van der Waals surface area contributed by atoms with Crippen LogP contribution >= 0.6 is 11.8 Å². The van der Waals surface area contributed by atoms with Gasteiger partial charge in [0.05, 0.1) is 16.3 Å². The lowest BCUT2D eigenvalue weighted by atomic mass is 10.2. The summed E-state index contributed by atoms with van der Waals surface area (Å²) in [6.45, 7) is 1.44. The Labute approximate surface area is 188 Å². The summed E-state index contributed by atoms with van der Waals surface area (Å²) >= 11 is 1.32. The number of nitrogens with one attached hydrogen (secondary N) is 2. The maximum absolute atomic E-state index is 12.2. The van der Waals surface area contributed by atoms with Gasteiger partial charge in [-0.2, -0.15) is 4.98 Å². The number of anilines is 2. The molecule has 0 bridgehead atoms. The van der Waals surface area contributed by atoms with E-state index in [9.17, 15) is 9.59 Å². The SMILES string of the molecule is CC(=O)Nc1ccc(NC(=O)CSc2ccc(-c3nc(-c4ccccc4)no3)cn2)cc1. The summed E-state index contributed by atoms with van der Waals surface area (Å²) in [6, 6.07) is 20.1. The number of hydrogen-bond donors (Lipinski definition) is 2. The van der Waals surface area contributed by atoms with Gasteiger partial charge in [-0.25, -0.2) is 4.98 Å². The molecule has 2 heterocycles. The van der Waals surface area contributed by atoms with Crippen molar-refractivity contribution >= 4 is 35.0 Å². The van der Waals surface area contributed by atoms with Gasteiger partial charge in [0, 0.05) is 30.1 Å². The van der Waals surface area contributed by atoms with E-state index in [1.165, 1.54) is 18.7 Å².